The lowest BCUT2D eigenvalue weighted by Crippen LogP contribution is -2.37. The van der Waals surface area contributed by atoms with Crippen molar-refractivity contribution in [2.75, 3.05) is 6.54 Å². The number of carbonyl (C=O) groups excluding carboxylic acids is 1. The molecule has 3 aromatic rings. The molecule has 0 aliphatic carbocycles. The number of hydrogen-bond acceptors (Lipinski definition) is 4. The van der Waals surface area contributed by atoms with Gasteiger partial charge in [-0.1, -0.05) is 12.1 Å². The summed E-state index contributed by atoms with van der Waals surface area (Å²) in [6.07, 6.45) is 1.90. The van der Waals surface area contributed by atoms with Crippen molar-refractivity contribution in [3.05, 3.63) is 65.0 Å². The summed E-state index contributed by atoms with van der Waals surface area (Å²) in [6.45, 7) is 4.33. The molecule has 1 heterocycles. The summed E-state index contributed by atoms with van der Waals surface area (Å²) in [5.74, 6) is 0.871. The fourth-order valence-corrected chi connectivity index (χ4v) is 3.54. The summed E-state index contributed by atoms with van der Waals surface area (Å²) >= 11 is 0. The van der Waals surface area contributed by atoms with Crippen LogP contribution < -0.4 is 0 Å². The van der Waals surface area contributed by atoms with Crippen molar-refractivity contribution in [2.45, 2.75) is 39.2 Å². The van der Waals surface area contributed by atoms with Gasteiger partial charge in [-0.3, -0.25) is 4.79 Å². The molecule has 6 nitrogen and oxygen atoms in total. The Morgan fingerprint density at radius 2 is 1.87 bits per heavy atom. The molecule has 0 spiro atoms. The van der Waals surface area contributed by atoms with Crippen molar-refractivity contribution in [3.63, 3.8) is 0 Å². The van der Waals surface area contributed by atoms with Gasteiger partial charge in [-0.15, -0.1) is 0 Å². The zero-order valence-electron chi connectivity index (χ0n) is 17.6. The molecule has 3 rings (SSSR count). The van der Waals surface area contributed by atoms with Gasteiger partial charge in [-0.25, -0.2) is 4.98 Å². The predicted molar refractivity (Wildman–Crippen MR) is 116 cm³/mol. The number of aromatic nitrogens is 2. The van der Waals surface area contributed by atoms with E-state index in [1.165, 1.54) is 0 Å². The van der Waals surface area contributed by atoms with E-state index in [-0.39, 0.29) is 11.9 Å². The van der Waals surface area contributed by atoms with Crippen LogP contribution in [0.4, 0.5) is 0 Å². The van der Waals surface area contributed by atoms with E-state index in [0.717, 1.165) is 35.3 Å². The molecule has 152 valence electrons. The van der Waals surface area contributed by atoms with E-state index < -0.39 is 0 Å². The normalized spacial score (nSPS) is 10.7. The minimum Gasteiger partial charge on any atom is -0.335 e. The Bertz CT molecular complexity index is 1130. The molecule has 6 heteroatoms. The highest BCUT2D eigenvalue weighted by Gasteiger charge is 2.19. The minimum atomic E-state index is -0.0769. The van der Waals surface area contributed by atoms with E-state index in [0.29, 0.717) is 24.1 Å². The summed E-state index contributed by atoms with van der Waals surface area (Å²) in [6, 6.07) is 17.5. The first-order valence-electron chi connectivity index (χ1n) is 10.1. The van der Waals surface area contributed by atoms with Crippen LogP contribution in [0.2, 0.25) is 0 Å². The second-order valence-corrected chi connectivity index (χ2v) is 7.60. The average Bonchev–Trinajstić information content (AvgIpc) is 3.07. The lowest BCUT2D eigenvalue weighted by molar-refractivity contribution is 0.0710. The van der Waals surface area contributed by atoms with Gasteiger partial charge in [0.2, 0.25) is 0 Å². The molecule has 0 N–H and O–H groups in total. The van der Waals surface area contributed by atoms with Gasteiger partial charge in [0.15, 0.2) is 0 Å². The summed E-state index contributed by atoms with van der Waals surface area (Å²) in [4.78, 5) is 19.4. The molecule has 0 atom stereocenters. The molecular formula is C24H25N5O. The quantitative estimate of drug-likeness (QED) is 0.601. The van der Waals surface area contributed by atoms with E-state index in [1.807, 2.05) is 63.4 Å². The van der Waals surface area contributed by atoms with E-state index in [1.54, 1.807) is 4.90 Å². The highest BCUT2D eigenvalue weighted by atomic mass is 16.2. The van der Waals surface area contributed by atoms with Gasteiger partial charge in [0, 0.05) is 31.6 Å². The van der Waals surface area contributed by atoms with Gasteiger partial charge < -0.3 is 9.47 Å². The van der Waals surface area contributed by atoms with Crippen LogP contribution in [0.3, 0.4) is 0 Å². The van der Waals surface area contributed by atoms with Crippen LogP contribution in [0.5, 0.6) is 0 Å². The third-order valence-electron chi connectivity index (χ3n) is 5.29. The third kappa shape index (κ3) is 4.50. The third-order valence-corrected chi connectivity index (χ3v) is 5.29. The first kappa shape index (κ1) is 21.1. The first-order chi connectivity index (χ1) is 14.4. The fraction of sp³-hybridized carbons (Fsp3) is 0.333. The topological polar surface area (TPSA) is 85.7 Å². The Morgan fingerprint density at radius 3 is 2.50 bits per heavy atom. The van der Waals surface area contributed by atoms with E-state index in [9.17, 15) is 4.79 Å². The minimum absolute atomic E-state index is 0.0215. The van der Waals surface area contributed by atoms with Crippen molar-refractivity contribution in [2.24, 2.45) is 7.05 Å². The molecule has 0 radical (unpaired) electrons. The van der Waals surface area contributed by atoms with E-state index in [4.69, 9.17) is 15.5 Å². The van der Waals surface area contributed by atoms with Crippen LogP contribution >= 0.6 is 0 Å². The zero-order chi connectivity index (χ0) is 21.7. The summed E-state index contributed by atoms with van der Waals surface area (Å²) < 4.78 is 2.06. The number of hydrogen-bond donors (Lipinski definition) is 0. The highest BCUT2D eigenvalue weighted by Crippen LogP contribution is 2.20. The van der Waals surface area contributed by atoms with Gasteiger partial charge >= 0.3 is 0 Å². The molecule has 0 saturated heterocycles. The molecule has 2 aromatic carbocycles. The number of fused-ring (bicyclic) bond motifs is 1. The van der Waals surface area contributed by atoms with Gasteiger partial charge in [0.25, 0.3) is 5.91 Å². The number of rotatable bonds is 7. The molecular weight excluding hydrogens is 374 g/mol. The Hall–Kier alpha value is -3.64. The van der Waals surface area contributed by atoms with Crippen molar-refractivity contribution in [1.29, 1.82) is 10.5 Å². The summed E-state index contributed by atoms with van der Waals surface area (Å²) in [5, 5.41) is 17.8. The number of amides is 1. The van der Waals surface area contributed by atoms with Crippen LogP contribution in [-0.2, 0) is 19.9 Å². The number of imidazole rings is 1. The van der Waals surface area contributed by atoms with Crippen LogP contribution in [0, 0.1) is 22.7 Å². The number of nitrogens with zero attached hydrogens (tertiary/aromatic N) is 5. The molecule has 1 amide bonds. The Labute approximate surface area is 177 Å². The zero-order valence-corrected chi connectivity index (χ0v) is 17.6. The molecule has 0 fully saturated rings. The molecule has 0 aliphatic heterocycles. The van der Waals surface area contributed by atoms with Crippen molar-refractivity contribution >= 4 is 16.9 Å². The molecule has 0 unspecified atom stereocenters. The lowest BCUT2D eigenvalue weighted by Gasteiger charge is -2.25. The van der Waals surface area contributed by atoms with Crippen LogP contribution in [0.15, 0.2) is 42.5 Å². The smallest absolute Gasteiger partial charge is 0.254 e. The van der Waals surface area contributed by atoms with Crippen LogP contribution in [0.25, 0.3) is 11.0 Å². The second kappa shape index (κ2) is 9.24. The standard InChI is InChI=1S/C24H25N5O/c1-17(2)29(14-4-13-25)24(30)20-10-11-22-21(15-20)27-23(28(22)3)12-9-18-5-7-19(16-26)8-6-18/h5-8,10-11,15,17H,4,9,12,14H2,1-3H3. The Kier molecular flexibility index (Phi) is 6.49. The maximum absolute atomic E-state index is 12.9. The average molecular weight is 399 g/mol. The maximum atomic E-state index is 12.9. The van der Waals surface area contributed by atoms with E-state index >= 15 is 0 Å². The number of aryl methyl sites for hydroxylation is 3. The van der Waals surface area contributed by atoms with Gasteiger partial charge in [-0.05, 0) is 56.2 Å². The lowest BCUT2D eigenvalue weighted by atomic mass is 10.1. The highest BCUT2D eigenvalue weighted by molar-refractivity contribution is 5.97. The molecule has 0 saturated carbocycles. The second-order valence-electron chi connectivity index (χ2n) is 7.60. The van der Waals surface area contributed by atoms with Gasteiger partial charge in [0.05, 0.1) is 35.2 Å². The fourth-order valence-electron chi connectivity index (χ4n) is 3.54. The monoisotopic (exact) mass is 399 g/mol. The van der Waals surface area contributed by atoms with Gasteiger partial charge in [0.1, 0.15) is 5.82 Å². The predicted octanol–water partition coefficient (Wildman–Crippen LogP) is 3.99. The van der Waals surface area contributed by atoms with E-state index in [2.05, 4.69) is 16.7 Å². The van der Waals surface area contributed by atoms with Crippen molar-refractivity contribution < 1.29 is 4.79 Å². The Balaban J connectivity index is 1.80. The molecule has 30 heavy (non-hydrogen) atoms. The van der Waals surface area contributed by atoms with Gasteiger partial charge in [-0.2, -0.15) is 10.5 Å². The first-order valence-corrected chi connectivity index (χ1v) is 10.1. The largest absolute Gasteiger partial charge is 0.335 e. The van der Waals surface area contributed by atoms with Crippen molar-refractivity contribution in [1.82, 2.24) is 14.5 Å². The number of carbonyl (C=O) groups is 1. The van der Waals surface area contributed by atoms with Crippen LogP contribution in [0.1, 0.15) is 47.6 Å². The maximum Gasteiger partial charge on any atom is 0.254 e. The summed E-state index contributed by atoms with van der Waals surface area (Å²) in [5.41, 5.74) is 4.17. The molecule has 1 aromatic heterocycles. The Morgan fingerprint density at radius 1 is 1.13 bits per heavy atom. The number of benzene rings is 2. The summed E-state index contributed by atoms with van der Waals surface area (Å²) in [7, 11) is 1.98. The van der Waals surface area contributed by atoms with Crippen molar-refractivity contribution in [3.8, 4) is 12.1 Å². The van der Waals surface area contributed by atoms with Crippen LogP contribution in [-0.4, -0.2) is 32.9 Å². The molecule has 0 bridgehead atoms. The SMILES string of the molecule is CC(C)N(CCC#N)C(=O)c1ccc2c(c1)nc(CCc1ccc(C#N)cc1)n2C. The molecule has 0 aliphatic rings. The number of nitriles is 2.